The Kier molecular flexibility index (Phi) is 6.23. The van der Waals surface area contributed by atoms with Crippen molar-refractivity contribution in [3.63, 3.8) is 0 Å². The zero-order valence-corrected chi connectivity index (χ0v) is 17.1. The molecular weight excluding hydrogens is 352 g/mol. The largest absolute Gasteiger partial charge is 0.494 e. The molecule has 1 N–H and O–H groups in total. The van der Waals surface area contributed by atoms with Gasteiger partial charge in [-0.25, -0.2) is 0 Å². The van der Waals surface area contributed by atoms with Crippen LogP contribution in [-0.4, -0.2) is 37.2 Å². The summed E-state index contributed by atoms with van der Waals surface area (Å²) in [5.41, 5.74) is 2.41. The summed E-state index contributed by atoms with van der Waals surface area (Å²) in [7, 11) is 0. The van der Waals surface area contributed by atoms with E-state index in [4.69, 9.17) is 13.9 Å². The van der Waals surface area contributed by atoms with Crippen molar-refractivity contribution in [3.8, 4) is 11.5 Å². The lowest BCUT2D eigenvalue weighted by Gasteiger charge is -2.33. The van der Waals surface area contributed by atoms with Crippen LogP contribution in [0.1, 0.15) is 56.0 Å². The topological polar surface area (TPSA) is 46.9 Å². The summed E-state index contributed by atoms with van der Waals surface area (Å²) in [4.78, 5) is 2.55. The first kappa shape index (κ1) is 19.3. The van der Waals surface area contributed by atoms with Crippen LogP contribution in [-0.2, 0) is 13.0 Å². The van der Waals surface area contributed by atoms with E-state index in [9.17, 15) is 0 Å². The predicted octanol–water partition coefficient (Wildman–Crippen LogP) is 4.32. The van der Waals surface area contributed by atoms with Crippen LogP contribution in [0.3, 0.4) is 0 Å². The molecule has 152 valence electrons. The number of likely N-dealkylation sites (tertiary alicyclic amines) is 1. The minimum Gasteiger partial charge on any atom is -0.494 e. The molecule has 2 unspecified atom stereocenters. The van der Waals surface area contributed by atoms with Crippen molar-refractivity contribution >= 4 is 0 Å². The molecule has 0 bridgehead atoms. The fourth-order valence-electron chi connectivity index (χ4n) is 4.37. The highest BCUT2D eigenvalue weighted by molar-refractivity contribution is 5.48. The maximum atomic E-state index is 5.96. The van der Waals surface area contributed by atoms with E-state index < -0.39 is 0 Å². The maximum absolute atomic E-state index is 5.96. The van der Waals surface area contributed by atoms with Crippen LogP contribution >= 0.6 is 0 Å². The van der Waals surface area contributed by atoms with Gasteiger partial charge in [-0.15, -0.1) is 0 Å². The number of hydrogen-bond acceptors (Lipinski definition) is 5. The van der Waals surface area contributed by atoms with E-state index in [0.717, 1.165) is 55.4 Å². The number of fused-ring (bicyclic) bond motifs is 1. The van der Waals surface area contributed by atoms with Gasteiger partial charge in [-0.05, 0) is 64.0 Å². The first-order valence-corrected chi connectivity index (χ1v) is 10.7. The predicted molar refractivity (Wildman–Crippen MR) is 110 cm³/mol. The Balaban J connectivity index is 1.45. The van der Waals surface area contributed by atoms with Gasteiger partial charge in [0, 0.05) is 30.6 Å². The number of nitrogens with one attached hydrogen (secondary N) is 1. The molecule has 0 amide bonds. The highest BCUT2D eigenvalue weighted by atomic mass is 16.5. The Hall–Kier alpha value is -1.98. The lowest BCUT2D eigenvalue weighted by atomic mass is 10.1. The van der Waals surface area contributed by atoms with E-state index in [-0.39, 0.29) is 12.1 Å². The van der Waals surface area contributed by atoms with Crippen LogP contribution in [0.15, 0.2) is 34.9 Å². The van der Waals surface area contributed by atoms with Crippen molar-refractivity contribution in [3.05, 3.63) is 47.4 Å². The van der Waals surface area contributed by atoms with Crippen molar-refractivity contribution < 1.29 is 13.9 Å². The lowest BCUT2D eigenvalue weighted by molar-refractivity contribution is 0.142. The maximum Gasteiger partial charge on any atom is 0.124 e. The standard InChI is InChI=1S/C23H32N2O3/c1-3-26-22-13-18-12-17(2)28-23(18)14-19(22)15-24-16-20(21-8-7-11-27-21)25-9-5-4-6-10-25/h7-8,11,13-14,17,20,24H,3-6,9-10,12,15-16H2,1-2H3. The Bertz CT molecular complexity index is 753. The summed E-state index contributed by atoms with van der Waals surface area (Å²) in [6.07, 6.45) is 6.85. The molecule has 1 aromatic carbocycles. The third-order valence-corrected chi connectivity index (χ3v) is 5.74. The number of furan rings is 1. The van der Waals surface area contributed by atoms with Crippen LogP contribution in [0.5, 0.6) is 11.5 Å². The van der Waals surface area contributed by atoms with E-state index in [1.54, 1.807) is 6.26 Å². The van der Waals surface area contributed by atoms with Gasteiger partial charge in [-0.1, -0.05) is 6.42 Å². The molecule has 0 saturated carbocycles. The molecular formula is C23H32N2O3. The first-order chi connectivity index (χ1) is 13.7. The average Bonchev–Trinajstić information content (AvgIpc) is 3.35. The summed E-state index contributed by atoms with van der Waals surface area (Å²) in [6, 6.07) is 8.67. The smallest absolute Gasteiger partial charge is 0.124 e. The number of benzene rings is 1. The van der Waals surface area contributed by atoms with E-state index >= 15 is 0 Å². The zero-order valence-electron chi connectivity index (χ0n) is 17.1. The summed E-state index contributed by atoms with van der Waals surface area (Å²) in [5.74, 6) is 3.02. The minimum atomic E-state index is 0.245. The summed E-state index contributed by atoms with van der Waals surface area (Å²) in [5, 5.41) is 3.65. The number of ether oxygens (including phenoxy) is 2. The molecule has 2 aromatic rings. The normalized spacial score (nSPS) is 20.6. The molecule has 4 rings (SSSR count). The minimum absolute atomic E-state index is 0.245. The van der Waals surface area contributed by atoms with Gasteiger partial charge in [-0.3, -0.25) is 4.90 Å². The van der Waals surface area contributed by atoms with Crippen LogP contribution in [0.2, 0.25) is 0 Å². The molecule has 2 aliphatic heterocycles. The van der Waals surface area contributed by atoms with Gasteiger partial charge in [0.05, 0.1) is 18.9 Å². The number of rotatable bonds is 8. The zero-order chi connectivity index (χ0) is 19.3. The van der Waals surface area contributed by atoms with Gasteiger partial charge >= 0.3 is 0 Å². The van der Waals surface area contributed by atoms with Gasteiger partial charge in [0.1, 0.15) is 23.4 Å². The molecule has 1 fully saturated rings. The second kappa shape index (κ2) is 9.01. The van der Waals surface area contributed by atoms with Crippen molar-refractivity contribution in [2.24, 2.45) is 0 Å². The molecule has 3 heterocycles. The Morgan fingerprint density at radius 2 is 2.11 bits per heavy atom. The summed E-state index contributed by atoms with van der Waals surface area (Å²) in [6.45, 7) is 8.71. The van der Waals surface area contributed by atoms with E-state index in [1.807, 2.05) is 13.0 Å². The van der Waals surface area contributed by atoms with Crippen molar-refractivity contribution in [2.75, 3.05) is 26.2 Å². The van der Waals surface area contributed by atoms with Gasteiger partial charge in [0.15, 0.2) is 0 Å². The molecule has 0 aliphatic carbocycles. The lowest BCUT2D eigenvalue weighted by Crippen LogP contribution is -2.38. The second-order valence-corrected chi connectivity index (χ2v) is 7.89. The van der Waals surface area contributed by atoms with Crippen LogP contribution in [0, 0.1) is 0 Å². The molecule has 1 aromatic heterocycles. The second-order valence-electron chi connectivity index (χ2n) is 7.89. The van der Waals surface area contributed by atoms with Crippen LogP contribution in [0.4, 0.5) is 0 Å². The van der Waals surface area contributed by atoms with Gasteiger partial charge in [0.2, 0.25) is 0 Å². The van der Waals surface area contributed by atoms with Gasteiger partial charge in [-0.2, -0.15) is 0 Å². The average molecular weight is 385 g/mol. The van der Waals surface area contributed by atoms with Crippen LogP contribution < -0.4 is 14.8 Å². The highest BCUT2D eigenvalue weighted by Crippen LogP contribution is 2.35. The van der Waals surface area contributed by atoms with E-state index in [2.05, 4.69) is 35.3 Å². The third kappa shape index (κ3) is 4.36. The third-order valence-electron chi connectivity index (χ3n) is 5.74. The first-order valence-electron chi connectivity index (χ1n) is 10.7. The summed E-state index contributed by atoms with van der Waals surface area (Å²) >= 11 is 0. The Morgan fingerprint density at radius 3 is 2.86 bits per heavy atom. The fraction of sp³-hybridized carbons (Fsp3) is 0.565. The quantitative estimate of drug-likeness (QED) is 0.734. The molecule has 0 radical (unpaired) electrons. The molecule has 1 saturated heterocycles. The van der Waals surface area contributed by atoms with Gasteiger partial charge < -0.3 is 19.2 Å². The highest BCUT2D eigenvalue weighted by Gasteiger charge is 2.25. The van der Waals surface area contributed by atoms with Gasteiger partial charge in [0.25, 0.3) is 0 Å². The Morgan fingerprint density at radius 1 is 1.25 bits per heavy atom. The van der Waals surface area contributed by atoms with Crippen molar-refractivity contribution in [1.82, 2.24) is 10.2 Å². The van der Waals surface area contributed by atoms with E-state index in [0.29, 0.717) is 6.61 Å². The SMILES string of the molecule is CCOc1cc2c(cc1CNCC(c1ccco1)N1CCCCC1)OC(C)C2. The Labute approximate surface area is 168 Å². The fourth-order valence-corrected chi connectivity index (χ4v) is 4.37. The van der Waals surface area contributed by atoms with Crippen molar-refractivity contribution in [2.45, 2.75) is 58.2 Å². The molecule has 2 aliphatic rings. The monoisotopic (exact) mass is 384 g/mol. The van der Waals surface area contributed by atoms with Crippen LogP contribution in [0.25, 0.3) is 0 Å². The molecule has 28 heavy (non-hydrogen) atoms. The molecule has 5 heteroatoms. The number of piperidine rings is 1. The number of hydrogen-bond donors (Lipinski definition) is 1. The molecule has 5 nitrogen and oxygen atoms in total. The molecule has 2 atom stereocenters. The number of nitrogens with zero attached hydrogens (tertiary/aromatic N) is 1. The van der Waals surface area contributed by atoms with E-state index in [1.165, 1.54) is 24.8 Å². The summed E-state index contributed by atoms with van der Waals surface area (Å²) < 4.78 is 17.6. The van der Waals surface area contributed by atoms with Crippen molar-refractivity contribution in [1.29, 1.82) is 0 Å². The molecule has 0 spiro atoms.